The molecular weight excluding hydrogens is 1030 g/mol. The van der Waals surface area contributed by atoms with E-state index in [1.54, 1.807) is 6.92 Å². The number of benzene rings is 4. The monoisotopic (exact) mass is 1070 g/mol. The molecule has 4 rings (SSSR count). The van der Waals surface area contributed by atoms with Crippen LogP contribution in [0.2, 0.25) is 0 Å². The van der Waals surface area contributed by atoms with E-state index >= 15 is 0 Å². The van der Waals surface area contributed by atoms with Crippen molar-refractivity contribution in [3.63, 3.8) is 0 Å². The molecule has 4 aromatic rings. The van der Waals surface area contributed by atoms with E-state index in [1.807, 2.05) is 6.11 Å². The van der Waals surface area contributed by atoms with Gasteiger partial charge in [0.2, 0.25) is 0 Å². The molecule has 68 heavy (non-hydrogen) atoms. The number of anilines is 2. The third-order valence-corrected chi connectivity index (χ3v) is 13.7. The summed E-state index contributed by atoms with van der Waals surface area (Å²) in [6.07, 6.45) is 1.90. The average Bonchev–Trinajstić information content (AvgIpc) is 3.23. The molecule has 0 aliphatic rings. The van der Waals surface area contributed by atoms with E-state index in [0.717, 1.165) is 48.2 Å². The molecule has 0 saturated heterocycles. The Morgan fingerprint density at radius 2 is 1.21 bits per heavy atom. The van der Waals surface area contributed by atoms with Crippen LogP contribution < -0.4 is 11.5 Å². The highest BCUT2D eigenvalue weighted by Crippen LogP contribution is 2.49. The number of aromatic carboxylic acids is 1. The number of ether oxygens (including phenoxy) is 1. The van der Waals surface area contributed by atoms with E-state index in [-0.39, 0.29) is 34.8 Å². The first kappa shape index (κ1) is 56.3. The van der Waals surface area contributed by atoms with Crippen LogP contribution in [-0.2, 0) is 68.7 Å². The maximum absolute atomic E-state index is 13.0. The van der Waals surface area contributed by atoms with Crippen LogP contribution in [0.3, 0.4) is 0 Å². The molecule has 0 aromatic heterocycles. The van der Waals surface area contributed by atoms with Gasteiger partial charge in [-0.25, -0.2) is 25.8 Å². The second kappa shape index (κ2) is 23.8. The maximum Gasteiger partial charge on any atom is 0.433 e. The molecule has 28 nitrogen and oxygen atoms in total. The van der Waals surface area contributed by atoms with Gasteiger partial charge in [-0.05, 0) is 96.2 Å². The van der Waals surface area contributed by atoms with Crippen LogP contribution in [-0.4, -0.2) is 104 Å². The molecule has 0 unspecified atom stereocenters. The van der Waals surface area contributed by atoms with Crippen molar-refractivity contribution in [3.8, 4) is 11.4 Å². The third-order valence-electron chi connectivity index (χ3n) is 7.96. The highest BCUT2D eigenvalue weighted by Gasteiger charge is 2.28. The first-order valence-corrected chi connectivity index (χ1v) is 26.2. The number of thioether (sulfide) groups is 1. The molecule has 0 aliphatic carbocycles. The molecule has 0 radical (unpaired) electrons. The molecule has 0 heterocycles. The fraction of sp³-hybridized carbons (Fsp3) is 0.206. The number of carbonyl (C=O) groups is 1. The van der Waals surface area contributed by atoms with Gasteiger partial charge >= 0.3 is 26.8 Å². The zero-order chi connectivity index (χ0) is 49.8. The smallest absolute Gasteiger partial charge is 0.433 e. The van der Waals surface area contributed by atoms with Gasteiger partial charge in [-0.3, -0.25) is 18.5 Å². The molecule has 10 N–H and O–H groups in total. The Balaban J connectivity index is 0.0000122. The van der Waals surface area contributed by atoms with Gasteiger partial charge in [0.05, 0.1) is 50.7 Å². The van der Waals surface area contributed by atoms with Crippen LogP contribution in [0.15, 0.2) is 117 Å². The van der Waals surface area contributed by atoms with Crippen LogP contribution in [0, 0.1) is 11.4 Å². The van der Waals surface area contributed by atoms with Crippen LogP contribution in [0.25, 0.3) is 0 Å². The molecule has 4 aromatic carbocycles. The normalized spacial score (nSPS) is 12.5. The summed E-state index contributed by atoms with van der Waals surface area (Å²) in [4.78, 5) is 15.4. The Kier molecular flexibility index (Phi) is 19.7. The van der Waals surface area contributed by atoms with Crippen molar-refractivity contribution in [2.75, 3.05) is 42.8 Å². The lowest BCUT2D eigenvalue weighted by Crippen LogP contribution is -2.15. The molecule has 0 spiro atoms. The Hall–Kier alpha value is -6.07. The highest BCUT2D eigenvalue weighted by atomic mass is 32.3. The summed E-state index contributed by atoms with van der Waals surface area (Å²) in [6, 6.07) is 12.5. The average molecular weight is 1070 g/mol. The molecule has 0 aliphatic heterocycles. The molecule has 34 heteroatoms. The Morgan fingerprint density at radius 1 is 0.676 bits per heavy atom. The summed E-state index contributed by atoms with van der Waals surface area (Å²) in [6.45, 7) is 1.21. The number of hydrogen-bond donors (Lipinski definition) is 6. The quantitative estimate of drug-likeness (QED) is 0.00901. The first-order chi connectivity index (χ1) is 31.2. The lowest BCUT2D eigenvalue weighted by molar-refractivity contribution is -0.135. The van der Waals surface area contributed by atoms with E-state index in [1.165, 1.54) is 24.3 Å². The Labute approximate surface area is 391 Å². The minimum absolute atomic E-state index is 0. The zero-order valence-electron chi connectivity index (χ0n) is 34.3. The lowest BCUT2D eigenvalue weighted by Gasteiger charge is -2.13. The van der Waals surface area contributed by atoms with Crippen molar-refractivity contribution < 1.29 is 89.3 Å². The summed E-state index contributed by atoms with van der Waals surface area (Å²) in [5, 5.41) is 36.3. The van der Waals surface area contributed by atoms with E-state index in [9.17, 15) is 56.5 Å². The summed E-state index contributed by atoms with van der Waals surface area (Å²) >= 11 is 0.807. The summed E-state index contributed by atoms with van der Waals surface area (Å²) in [5.41, 5.74) is 7.93. The first-order valence-electron chi connectivity index (χ1n) is 17.9. The Morgan fingerprint density at radius 3 is 1.74 bits per heavy atom. The second-order valence-electron chi connectivity index (χ2n) is 12.6. The highest BCUT2D eigenvalue weighted by molar-refractivity contribution is 8.04. The van der Waals surface area contributed by atoms with E-state index < -0.39 is 124 Å². The van der Waals surface area contributed by atoms with Crippen molar-refractivity contribution in [2.45, 2.75) is 32.9 Å². The fourth-order valence-corrected chi connectivity index (χ4v) is 9.11. The van der Waals surface area contributed by atoms with E-state index in [2.05, 4.69) is 49.3 Å². The van der Waals surface area contributed by atoms with Gasteiger partial charge in [0.15, 0.2) is 25.8 Å². The van der Waals surface area contributed by atoms with Gasteiger partial charge in [0, 0.05) is 23.4 Å². The zero-order valence-corrected chi connectivity index (χ0v) is 39.2. The van der Waals surface area contributed by atoms with Crippen molar-refractivity contribution in [1.82, 2.24) is 0 Å². The predicted molar refractivity (Wildman–Crippen MR) is 238 cm³/mol. The topological polar surface area (TPSA) is 463 Å². The van der Waals surface area contributed by atoms with Gasteiger partial charge in [0.25, 0.3) is 10.1 Å². The number of hydrogen-bond acceptors (Lipinski definition) is 24. The van der Waals surface area contributed by atoms with Crippen molar-refractivity contribution in [2.24, 2.45) is 30.7 Å². The van der Waals surface area contributed by atoms with Crippen LogP contribution >= 0.6 is 11.8 Å². The standard InChI is InChI=1S/C34H34N8O19S6.H2O/c1-2-58-14-3-18-63(45,46)25-12-13-26(27(20-25)65(49,50)51)39-41-32-28(34(43)44)31(40-37-21-4-8-23(9-5-21)62-17-15-59-61-67(55,56)57)29(35)33(30(32)36)42-38-22-6-10-24(11-7-22)64(47,48)19-16-60-66(52,53)54;/h4-13,20H,2-3,14,16,18-19,35-36H2,1H3,(H,43,44)(H,49,50,51)(H,52,53,54)(H,55,56,57);1H2. The second-order valence-corrected chi connectivity index (χ2v) is 21.1. The summed E-state index contributed by atoms with van der Waals surface area (Å²) in [5.74, 6) is -3.10. The number of carboxylic acids is 1. The molecular formula is C34H36N8O20S6. The number of nitrogen functional groups attached to an aromatic ring is 2. The molecule has 0 saturated carbocycles. The number of carboxylic acid groups (broad SMARTS) is 1. The molecule has 0 fully saturated rings. The van der Waals surface area contributed by atoms with Gasteiger partial charge < -0.3 is 26.8 Å². The minimum Gasteiger partial charge on any atom is -0.478 e. The van der Waals surface area contributed by atoms with Gasteiger partial charge in [-0.2, -0.15) is 35.5 Å². The van der Waals surface area contributed by atoms with Crippen LogP contribution in [0.5, 0.6) is 0 Å². The molecule has 0 atom stereocenters. The predicted octanol–water partition coefficient (Wildman–Crippen LogP) is 4.77. The number of sulfone groups is 2. The number of rotatable bonds is 22. The fourth-order valence-electron chi connectivity index (χ4n) is 5.00. The lowest BCUT2D eigenvalue weighted by atomic mass is 10.1. The summed E-state index contributed by atoms with van der Waals surface area (Å²) in [7, 11) is -23.3. The molecule has 0 bridgehead atoms. The minimum atomic E-state index is -5.23. The van der Waals surface area contributed by atoms with Crippen molar-refractivity contribution >= 4 is 114 Å². The van der Waals surface area contributed by atoms with E-state index in [4.69, 9.17) is 25.3 Å². The largest absolute Gasteiger partial charge is 0.478 e. The van der Waals surface area contributed by atoms with Gasteiger partial charge in [-0.15, -0.1) is 20.5 Å². The maximum atomic E-state index is 13.0. The van der Waals surface area contributed by atoms with Crippen molar-refractivity contribution in [1.29, 1.82) is 0 Å². The van der Waals surface area contributed by atoms with Gasteiger partial charge in [-0.1, -0.05) is 0 Å². The van der Waals surface area contributed by atoms with Crippen LogP contribution in [0.1, 0.15) is 23.7 Å². The summed E-state index contributed by atoms with van der Waals surface area (Å²) < 4.78 is 159. The van der Waals surface area contributed by atoms with Gasteiger partial charge in [0.1, 0.15) is 33.2 Å². The van der Waals surface area contributed by atoms with Crippen LogP contribution in [0.4, 0.5) is 45.5 Å². The number of nitrogens with two attached hydrogens (primary N) is 2. The number of azo groups is 3. The molecule has 0 amide bonds. The van der Waals surface area contributed by atoms with Crippen molar-refractivity contribution in [3.05, 3.63) is 72.3 Å². The Bertz CT molecular complexity index is 3230. The van der Waals surface area contributed by atoms with E-state index in [0.29, 0.717) is 17.6 Å². The molecule has 368 valence electrons. The third kappa shape index (κ3) is 16.6. The number of nitrogens with zero attached hydrogens (tertiary/aromatic N) is 6. The SMILES string of the molecule is CCOCCCS(=O)(=O)c1ccc(N=Nc2c(N)c(N=Nc3ccc(S(=O)(=O)CCOS(=O)(=O)O)cc3)c(N)c(N=Nc3ccc(SC#COOS(=O)(=O)O)cc3)c2C(=O)O)c(S(=O)(=O)O)c1.O.